The molecule has 15 heavy (non-hydrogen) atoms. The van der Waals surface area contributed by atoms with E-state index < -0.39 is 16.6 Å². The number of aliphatic hydroxyl groups is 1. The van der Waals surface area contributed by atoms with Crippen molar-refractivity contribution in [3.63, 3.8) is 0 Å². The third-order valence-electron chi connectivity index (χ3n) is 2.26. The van der Waals surface area contributed by atoms with Gasteiger partial charge in [0.15, 0.2) is 0 Å². The minimum Gasteiger partial charge on any atom is -0.388 e. The molecule has 0 unspecified atom stereocenters. The van der Waals surface area contributed by atoms with Gasteiger partial charge in [-0.2, -0.15) is 0 Å². The molecule has 0 amide bonds. The Kier molecular flexibility index (Phi) is 2.24. The number of likely N-dealkylation sites (N-methyl/N-ethyl adjacent to an activating group) is 1. The van der Waals surface area contributed by atoms with Crippen LogP contribution in [-0.2, 0) is 10.0 Å². The zero-order chi connectivity index (χ0) is 11.1. The summed E-state index contributed by atoms with van der Waals surface area (Å²) in [6.07, 6.45) is 0. The molecule has 0 radical (unpaired) electrons. The molecule has 0 atom stereocenters. The van der Waals surface area contributed by atoms with E-state index in [4.69, 9.17) is 5.11 Å². The number of hydrogen-bond donors (Lipinski definition) is 1. The number of amidine groups is 1. The SMILES string of the molecule is CN1C(CO)=Nc2ccccc2S1(=O)=O. The van der Waals surface area contributed by atoms with Crippen LogP contribution in [0.5, 0.6) is 0 Å². The summed E-state index contributed by atoms with van der Waals surface area (Å²) in [4.78, 5) is 4.22. The molecular weight excluding hydrogens is 216 g/mol. The van der Waals surface area contributed by atoms with Gasteiger partial charge >= 0.3 is 0 Å². The number of sulfonamides is 1. The standard InChI is InChI=1S/C9H10N2O3S/c1-11-9(6-12)10-7-4-2-3-5-8(7)15(11,13)14/h2-5,12H,6H2,1H3. The first-order valence-corrected chi connectivity index (χ1v) is 5.78. The number of hydrogen-bond acceptors (Lipinski definition) is 4. The fraction of sp³-hybridized carbons (Fsp3) is 0.222. The van der Waals surface area contributed by atoms with Crippen molar-refractivity contribution < 1.29 is 13.5 Å². The summed E-state index contributed by atoms with van der Waals surface area (Å²) in [5.74, 6) is 0.133. The average molecular weight is 226 g/mol. The van der Waals surface area contributed by atoms with Gasteiger partial charge in [-0.3, -0.25) is 4.31 Å². The minimum atomic E-state index is -3.54. The van der Waals surface area contributed by atoms with Gasteiger partial charge in [0, 0.05) is 7.05 Å². The van der Waals surface area contributed by atoms with Crippen LogP contribution in [0.2, 0.25) is 0 Å². The molecule has 0 saturated carbocycles. The number of aliphatic hydroxyl groups excluding tert-OH is 1. The maximum absolute atomic E-state index is 11.9. The monoisotopic (exact) mass is 226 g/mol. The van der Waals surface area contributed by atoms with Gasteiger partial charge < -0.3 is 5.11 Å². The molecule has 5 nitrogen and oxygen atoms in total. The smallest absolute Gasteiger partial charge is 0.267 e. The third kappa shape index (κ3) is 1.42. The molecular formula is C9H10N2O3S. The Labute approximate surface area is 87.7 Å². The Morgan fingerprint density at radius 2 is 2.07 bits per heavy atom. The summed E-state index contributed by atoms with van der Waals surface area (Å²) >= 11 is 0. The lowest BCUT2D eigenvalue weighted by atomic mass is 10.3. The maximum Gasteiger partial charge on any atom is 0.267 e. The lowest BCUT2D eigenvalue weighted by molar-refractivity contribution is 0.346. The molecule has 0 saturated heterocycles. The van der Waals surface area contributed by atoms with Gasteiger partial charge in [-0.05, 0) is 12.1 Å². The van der Waals surface area contributed by atoms with E-state index in [9.17, 15) is 8.42 Å². The van der Waals surface area contributed by atoms with Crippen molar-refractivity contribution in [2.75, 3.05) is 13.7 Å². The predicted molar refractivity (Wildman–Crippen MR) is 55.6 cm³/mol. The van der Waals surface area contributed by atoms with Gasteiger partial charge in [-0.25, -0.2) is 13.4 Å². The fourth-order valence-corrected chi connectivity index (χ4v) is 2.70. The number of benzene rings is 1. The largest absolute Gasteiger partial charge is 0.388 e. The van der Waals surface area contributed by atoms with Crippen LogP contribution in [-0.4, -0.2) is 37.3 Å². The van der Waals surface area contributed by atoms with Gasteiger partial charge in [0.2, 0.25) is 0 Å². The highest BCUT2D eigenvalue weighted by molar-refractivity contribution is 7.90. The maximum atomic E-state index is 11.9. The van der Waals surface area contributed by atoms with E-state index in [0.717, 1.165) is 4.31 Å². The van der Waals surface area contributed by atoms with Crippen LogP contribution >= 0.6 is 0 Å². The van der Waals surface area contributed by atoms with E-state index >= 15 is 0 Å². The highest BCUT2D eigenvalue weighted by atomic mass is 32.2. The molecule has 0 bridgehead atoms. The molecule has 1 aliphatic rings. The Morgan fingerprint density at radius 1 is 1.40 bits per heavy atom. The molecule has 1 aromatic rings. The molecule has 0 aliphatic carbocycles. The van der Waals surface area contributed by atoms with Crippen molar-refractivity contribution in [1.82, 2.24) is 4.31 Å². The van der Waals surface area contributed by atoms with E-state index in [0.29, 0.717) is 5.69 Å². The molecule has 1 aromatic carbocycles. The summed E-state index contributed by atoms with van der Waals surface area (Å²) in [6, 6.07) is 6.45. The minimum absolute atomic E-state index is 0.133. The summed E-state index contributed by atoms with van der Waals surface area (Å²) < 4.78 is 24.8. The van der Waals surface area contributed by atoms with Crippen molar-refractivity contribution in [3.05, 3.63) is 24.3 Å². The summed E-state index contributed by atoms with van der Waals surface area (Å²) in [6.45, 7) is -0.399. The zero-order valence-electron chi connectivity index (χ0n) is 8.08. The molecule has 2 rings (SSSR count). The topological polar surface area (TPSA) is 70.0 Å². The molecule has 0 spiro atoms. The van der Waals surface area contributed by atoms with Crippen LogP contribution in [0.3, 0.4) is 0 Å². The van der Waals surface area contributed by atoms with Gasteiger partial charge in [0.1, 0.15) is 17.3 Å². The Hall–Kier alpha value is -1.40. The lowest BCUT2D eigenvalue weighted by Gasteiger charge is -2.25. The molecule has 1 heterocycles. The van der Waals surface area contributed by atoms with Crippen molar-refractivity contribution in [3.8, 4) is 0 Å². The normalized spacial score (nSPS) is 18.3. The van der Waals surface area contributed by atoms with E-state index in [-0.39, 0.29) is 10.7 Å². The summed E-state index contributed by atoms with van der Waals surface area (Å²) in [7, 11) is -2.16. The van der Waals surface area contributed by atoms with Gasteiger partial charge in [-0.1, -0.05) is 12.1 Å². The fourth-order valence-electron chi connectivity index (χ4n) is 1.40. The zero-order valence-corrected chi connectivity index (χ0v) is 8.90. The van der Waals surface area contributed by atoms with E-state index in [1.807, 2.05) is 0 Å². The van der Waals surface area contributed by atoms with Crippen LogP contribution in [0, 0.1) is 0 Å². The second-order valence-electron chi connectivity index (χ2n) is 3.13. The second-order valence-corrected chi connectivity index (χ2v) is 5.06. The lowest BCUT2D eigenvalue weighted by Crippen LogP contribution is -2.37. The number of aliphatic imine (C=N–C) groups is 1. The number of nitrogens with zero attached hydrogens (tertiary/aromatic N) is 2. The Bertz CT molecular complexity index is 522. The number of fused-ring (bicyclic) bond motifs is 1. The van der Waals surface area contributed by atoms with E-state index in [1.165, 1.54) is 13.1 Å². The van der Waals surface area contributed by atoms with Crippen molar-refractivity contribution in [1.29, 1.82) is 0 Å². The van der Waals surface area contributed by atoms with Crippen LogP contribution in [0.4, 0.5) is 5.69 Å². The average Bonchev–Trinajstić information content (AvgIpc) is 2.24. The molecule has 1 N–H and O–H groups in total. The van der Waals surface area contributed by atoms with Crippen LogP contribution in [0.15, 0.2) is 34.2 Å². The third-order valence-corrected chi connectivity index (χ3v) is 4.09. The van der Waals surface area contributed by atoms with Gasteiger partial charge in [0.25, 0.3) is 10.0 Å². The first-order valence-electron chi connectivity index (χ1n) is 4.34. The van der Waals surface area contributed by atoms with Crippen LogP contribution in [0.1, 0.15) is 0 Å². The number of para-hydroxylation sites is 1. The van der Waals surface area contributed by atoms with Gasteiger partial charge in [0.05, 0.1) is 5.69 Å². The first-order chi connectivity index (χ1) is 7.07. The highest BCUT2D eigenvalue weighted by Crippen LogP contribution is 2.30. The van der Waals surface area contributed by atoms with Crippen molar-refractivity contribution in [2.24, 2.45) is 4.99 Å². The van der Waals surface area contributed by atoms with E-state index in [2.05, 4.69) is 4.99 Å². The molecule has 6 heteroatoms. The molecule has 80 valence electrons. The molecule has 1 aliphatic heterocycles. The second kappa shape index (κ2) is 3.32. The predicted octanol–water partition coefficient (Wildman–Crippen LogP) is 0.343. The van der Waals surface area contributed by atoms with Crippen LogP contribution < -0.4 is 0 Å². The number of rotatable bonds is 1. The van der Waals surface area contributed by atoms with E-state index in [1.54, 1.807) is 18.2 Å². The quantitative estimate of drug-likeness (QED) is 0.750. The highest BCUT2D eigenvalue weighted by Gasteiger charge is 2.30. The van der Waals surface area contributed by atoms with Crippen LogP contribution in [0.25, 0.3) is 0 Å². The summed E-state index contributed by atoms with van der Waals surface area (Å²) in [5.41, 5.74) is 0.375. The van der Waals surface area contributed by atoms with Crippen molar-refractivity contribution in [2.45, 2.75) is 4.90 Å². The molecule has 0 aromatic heterocycles. The van der Waals surface area contributed by atoms with Crippen molar-refractivity contribution >= 4 is 21.5 Å². The molecule has 0 fully saturated rings. The Balaban J connectivity index is 2.73. The van der Waals surface area contributed by atoms with Gasteiger partial charge in [-0.15, -0.1) is 0 Å². The Morgan fingerprint density at radius 3 is 2.73 bits per heavy atom. The summed E-state index contributed by atoms with van der Waals surface area (Å²) in [5, 5.41) is 8.98. The first kappa shape index (κ1) is 10.1.